The molecule has 0 saturated carbocycles. The van der Waals surface area contributed by atoms with Crippen LogP contribution < -0.4 is 0 Å². The summed E-state index contributed by atoms with van der Waals surface area (Å²) in [5.41, 5.74) is 0. The number of carbonyl (C=O) groups is 1. The van der Waals surface area contributed by atoms with Gasteiger partial charge in [0.2, 0.25) is 0 Å². The fourth-order valence-corrected chi connectivity index (χ4v) is 1.28. The molecule has 0 bridgehead atoms. The minimum absolute atomic E-state index is 0.681. The maximum atomic E-state index is 10.4. The van der Waals surface area contributed by atoms with Crippen LogP contribution in [0.1, 0.15) is 6.92 Å². The Labute approximate surface area is 73.2 Å². The van der Waals surface area contributed by atoms with Gasteiger partial charge >= 0.3 is 13.7 Å². The van der Waals surface area contributed by atoms with Crippen LogP contribution >= 0.6 is 7.75 Å². The highest BCUT2D eigenvalue weighted by Gasteiger charge is 2.39. The van der Waals surface area contributed by atoms with Crippen molar-refractivity contribution in [2.45, 2.75) is 19.1 Å². The number of nitrogens with zero attached hydrogens (tertiary/aromatic N) is 1. The van der Waals surface area contributed by atoms with Gasteiger partial charge in [-0.15, -0.1) is 0 Å². The molecule has 5 N–H and O–H groups in total. The molecule has 0 rings (SSSR count). The highest BCUT2D eigenvalue weighted by atomic mass is 31.2. The average Bonchev–Trinajstić information content (AvgIpc) is 1.82. The van der Waals surface area contributed by atoms with Crippen LogP contribution in [0.25, 0.3) is 0 Å². The molecule has 0 aromatic rings. The molecule has 0 spiro atoms. The summed E-state index contributed by atoms with van der Waals surface area (Å²) in [4.78, 5) is 26.4. The second kappa shape index (κ2) is 4.14. The van der Waals surface area contributed by atoms with Crippen molar-refractivity contribution in [3.63, 3.8) is 0 Å². The van der Waals surface area contributed by atoms with E-state index in [1.54, 1.807) is 0 Å². The van der Waals surface area contributed by atoms with Crippen LogP contribution in [0.2, 0.25) is 0 Å². The van der Waals surface area contributed by atoms with Crippen molar-refractivity contribution in [3.05, 3.63) is 0 Å². The van der Waals surface area contributed by atoms with Crippen LogP contribution in [0.4, 0.5) is 0 Å². The van der Waals surface area contributed by atoms with Gasteiger partial charge in [-0.25, -0.2) is 4.57 Å². The molecular weight excluding hydrogens is 205 g/mol. The highest BCUT2D eigenvalue weighted by molar-refractivity contribution is 7.48. The molecule has 0 aliphatic heterocycles. The van der Waals surface area contributed by atoms with Crippen LogP contribution in [0.3, 0.4) is 0 Å². The minimum Gasteiger partial charge on any atom is -0.480 e. The third-order valence-corrected chi connectivity index (χ3v) is 2.01. The Hall–Kier alpha value is -0.500. The van der Waals surface area contributed by atoms with Gasteiger partial charge in [-0.2, -0.15) is 0 Å². The quantitative estimate of drug-likeness (QED) is 0.285. The van der Waals surface area contributed by atoms with E-state index in [2.05, 4.69) is 0 Å². The number of hydrogen-bond donors (Lipinski definition) is 5. The zero-order chi connectivity index (χ0) is 10.8. The monoisotopic (exact) mass is 215 g/mol. The number of aliphatic hydroxyl groups excluding tert-OH is 1. The molecular formula is C4H10NO7P. The topological polar surface area (TPSA) is 139 Å². The average molecular weight is 215 g/mol. The molecule has 2 atom stereocenters. The first-order valence-corrected chi connectivity index (χ1v) is 4.69. The van der Waals surface area contributed by atoms with Crippen LogP contribution in [-0.2, 0) is 9.36 Å². The maximum Gasteiger partial charge on any atom is 0.426 e. The Bertz CT molecular complexity index is 235. The molecule has 2 unspecified atom stereocenters. The first kappa shape index (κ1) is 12.5. The minimum atomic E-state index is -5.07. The van der Waals surface area contributed by atoms with Crippen LogP contribution in [-0.4, -0.2) is 48.2 Å². The first-order valence-electron chi connectivity index (χ1n) is 3.13. The van der Waals surface area contributed by atoms with Crippen LogP contribution in [0, 0.1) is 0 Å². The summed E-state index contributed by atoms with van der Waals surface area (Å²) < 4.78 is 10.4. The Kier molecular flexibility index (Phi) is 3.98. The van der Waals surface area contributed by atoms with Gasteiger partial charge in [-0.1, -0.05) is 4.83 Å². The molecule has 0 aliphatic rings. The van der Waals surface area contributed by atoms with E-state index >= 15 is 0 Å². The third kappa shape index (κ3) is 3.39. The van der Waals surface area contributed by atoms with Gasteiger partial charge in [0.25, 0.3) is 0 Å². The standard InChI is InChI=1S/C4H10NO7P/c1-2(6)3(4(7)8)5(9)13(10,11)12/h2-3,6,9H,1H3,(H,7,8)(H2,10,11,12). The lowest BCUT2D eigenvalue weighted by Crippen LogP contribution is -2.44. The van der Waals surface area contributed by atoms with Gasteiger partial charge in [-0.05, 0) is 6.92 Å². The summed E-state index contributed by atoms with van der Waals surface area (Å²) in [7, 11) is -5.07. The van der Waals surface area contributed by atoms with Crippen molar-refractivity contribution < 1.29 is 34.6 Å². The van der Waals surface area contributed by atoms with Crippen molar-refractivity contribution >= 4 is 13.7 Å². The third-order valence-electron chi connectivity index (χ3n) is 1.23. The summed E-state index contributed by atoms with van der Waals surface area (Å²) in [5, 5.41) is 25.9. The second-order valence-corrected chi connectivity index (χ2v) is 3.79. The van der Waals surface area contributed by atoms with E-state index in [1.807, 2.05) is 0 Å². The van der Waals surface area contributed by atoms with Gasteiger partial charge in [0.15, 0.2) is 6.04 Å². The molecule has 0 aromatic carbocycles. The molecule has 0 amide bonds. The van der Waals surface area contributed by atoms with Crippen LogP contribution in [0.5, 0.6) is 0 Å². The van der Waals surface area contributed by atoms with E-state index in [0.29, 0.717) is 0 Å². The lowest BCUT2D eigenvalue weighted by atomic mass is 10.2. The zero-order valence-electron chi connectivity index (χ0n) is 6.60. The Morgan fingerprint density at radius 3 is 1.92 bits per heavy atom. The number of rotatable bonds is 4. The van der Waals surface area contributed by atoms with Gasteiger partial charge < -0.3 is 25.2 Å². The number of aliphatic carboxylic acids is 1. The SMILES string of the molecule is CC(O)C(C(=O)O)N(O)P(=O)(O)O. The largest absolute Gasteiger partial charge is 0.480 e. The van der Waals surface area contributed by atoms with Gasteiger partial charge in [-0.3, -0.25) is 4.79 Å². The summed E-state index contributed by atoms with van der Waals surface area (Å²) in [6, 6.07) is -2.05. The fourth-order valence-electron chi connectivity index (χ4n) is 0.660. The molecule has 8 nitrogen and oxygen atoms in total. The van der Waals surface area contributed by atoms with Crippen molar-refractivity contribution in [2.24, 2.45) is 0 Å². The molecule has 0 aliphatic carbocycles. The van der Waals surface area contributed by atoms with E-state index in [4.69, 9.17) is 25.2 Å². The molecule has 0 aromatic heterocycles. The molecule has 9 heteroatoms. The number of hydrogen-bond acceptors (Lipinski definition) is 4. The number of carboxylic acid groups (broad SMARTS) is 1. The predicted molar refractivity (Wildman–Crippen MR) is 38.8 cm³/mol. The molecule has 0 heterocycles. The molecule has 78 valence electrons. The summed E-state index contributed by atoms with van der Waals surface area (Å²) in [6.45, 7) is 0.984. The molecule has 0 radical (unpaired) electrons. The van der Waals surface area contributed by atoms with Crippen LogP contribution in [0.15, 0.2) is 0 Å². The smallest absolute Gasteiger partial charge is 0.426 e. The number of hydroxylamine groups is 1. The molecule has 13 heavy (non-hydrogen) atoms. The van der Waals surface area contributed by atoms with E-state index in [9.17, 15) is 9.36 Å². The molecule has 0 saturated heterocycles. The van der Waals surface area contributed by atoms with Crippen molar-refractivity contribution in [1.82, 2.24) is 4.83 Å². The normalized spacial score (nSPS) is 17.1. The summed E-state index contributed by atoms with van der Waals surface area (Å²) in [6.07, 6.45) is -1.62. The van der Waals surface area contributed by atoms with E-state index in [1.165, 1.54) is 0 Å². The first-order chi connectivity index (χ1) is 5.68. The van der Waals surface area contributed by atoms with Gasteiger partial charge in [0.05, 0.1) is 6.10 Å². The Morgan fingerprint density at radius 1 is 1.46 bits per heavy atom. The van der Waals surface area contributed by atoms with E-state index in [-0.39, 0.29) is 0 Å². The molecule has 0 fully saturated rings. The zero-order valence-corrected chi connectivity index (χ0v) is 7.50. The van der Waals surface area contributed by atoms with Crippen molar-refractivity contribution in [3.8, 4) is 0 Å². The lowest BCUT2D eigenvalue weighted by Gasteiger charge is -2.24. The van der Waals surface area contributed by atoms with E-state index < -0.39 is 30.7 Å². The van der Waals surface area contributed by atoms with Crippen molar-refractivity contribution in [2.75, 3.05) is 0 Å². The summed E-state index contributed by atoms with van der Waals surface area (Å²) in [5.74, 6) is -1.74. The number of aliphatic hydroxyl groups is 1. The number of carboxylic acids is 1. The van der Waals surface area contributed by atoms with Crippen molar-refractivity contribution in [1.29, 1.82) is 0 Å². The van der Waals surface area contributed by atoms with Gasteiger partial charge in [0.1, 0.15) is 0 Å². The Morgan fingerprint density at radius 2 is 1.85 bits per heavy atom. The fraction of sp³-hybridized carbons (Fsp3) is 0.750. The summed E-state index contributed by atoms with van der Waals surface area (Å²) >= 11 is 0. The lowest BCUT2D eigenvalue weighted by molar-refractivity contribution is -0.162. The van der Waals surface area contributed by atoms with Gasteiger partial charge in [0, 0.05) is 0 Å². The van der Waals surface area contributed by atoms with E-state index in [0.717, 1.165) is 6.92 Å². The Balaban J connectivity index is 4.77. The second-order valence-electron chi connectivity index (χ2n) is 2.36. The predicted octanol–water partition coefficient (Wildman–Crippen LogP) is -1.40. The maximum absolute atomic E-state index is 10.4. The highest BCUT2D eigenvalue weighted by Crippen LogP contribution is 2.40.